The Balaban J connectivity index is 1.83. The van der Waals surface area contributed by atoms with Gasteiger partial charge < -0.3 is 5.32 Å². The molecule has 0 radical (unpaired) electrons. The van der Waals surface area contributed by atoms with Crippen LogP contribution in [0.25, 0.3) is 0 Å². The zero-order valence-electron chi connectivity index (χ0n) is 8.29. The van der Waals surface area contributed by atoms with Gasteiger partial charge in [-0.1, -0.05) is 0 Å². The van der Waals surface area contributed by atoms with Crippen LogP contribution in [0.2, 0.25) is 0 Å². The molecule has 2 aromatic heterocycles. The van der Waals surface area contributed by atoms with Gasteiger partial charge in [0.05, 0.1) is 15.0 Å². The minimum absolute atomic E-state index is 0.907. The van der Waals surface area contributed by atoms with E-state index in [0.717, 1.165) is 18.8 Å². The van der Waals surface area contributed by atoms with E-state index in [0.29, 0.717) is 0 Å². The van der Waals surface area contributed by atoms with Gasteiger partial charge in [-0.25, -0.2) is 4.98 Å². The van der Waals surface area contributed by atoms with Crippen LogP contribution >= 0.6 is 38.6 Å². The van der Waals surface area contributed by atoms with Crippen LogP contribution in [0.15, 0.2) is 20.7 Å². The summed E-state index contributed by atoms with van der Waals surface area (Å²) >= 11 is 6.89. The third kappa shape index (κ3) is 3.11. The average Bonchev–Trinajstić information content (AvgIpc) is 2.77. The smallest absolute Gasteiger partial charge is 0.0798 e. The number of rotatable bonds is 4. The van der Waals surface area contributed by atoms with Gasteiger partial charge in [0.2, 0.25) is 0 Å². The third-order valence-corrected chi connectivity index (χ3v) is 4.57. The van der Waals surface area contributed by atoms with Crippen LogP contribution < -0.4 is 5.32 Å². The first-order chi connectivity index (χ1) is 7.25. The first-order valence-corrected chi connectivity index (χ1v) is 7.13. The van der Waals surface area contributed by atoms with E-state index < -0.39 is 0 Å². The van der Waals surface area contributed by atoms with Gasteiger partial charge in [-0.05, 0) is 39.9 Å². The van der Waals surface area contributed by atoms with Crippen LogP contribution in [0.3, 0.4) is 0 Å². The van der Waals surface area contributed by atoms with Crippen molar-refractivity contribution in [1.29, 1.82) is 0 Å². The number of nitrogens with one attached hydrogen (secondary N) is 1. The topological polar surface area (TPSA) is 24.9 Å². The summed E-state index contributed by atoms with van der Waals surface area (Å²) in [6.45, 7) is 3.87. The molecule has 2 aromatic rings. The van der Waals surface area contributed by atoms with Gasteiger partial charge in [-0.15, -0.1) is 22.7 Å². The van der Waals surface area contributed by atoms with Crippen LogP contribution in [-0.4, -0.2) is 4.98 Å². The highest BCUT2D eigenvalue weighted by Gasteiger charge is 2.01. The Morgan fingerprint density at radius 3 is 2.87 bits per heavy atom. The van der Waals surface area contributed by atoms with Crippen LogP contribution in [-0.2, 0) is 13.1 Å². The Morgan fingerprint density at radius 2 is 2.27 bits per heavy atom. The molecular weight excluding hydrogens is 292 g/mol. The third-order valence-electron chi connectivity index (χ3n) is 2.08. The summed E-state index contributed by atoms with van der Waals surface area (Å²) in [7, 11) is 0. The number of thiophene rings is 1. The monoisotopic (exact) mass is 302 g/mol. The van der Waals surface area contributed by atoms with Crippen LogP contribution in [0.5, 0.6) is 0 Å². The molecule has 0 spiro atoms. The summed E-state index contributed by atoms with van der Waals surface area (Å²) in [4.78, 5) is 5.54. The zero-order chi connectivity index (χ0) is 10.7. The maximum atomic E-state index is 4.22. The molecule has 0 unspecified atom stereocenters. The lowest BCUT2D eigenvalue weighted by Gasteiger charge is -2.01. The van der Waals surface area contributed by atoms with Crippen LogP contribution in [0, 0.1) is 6.92 Å². The lowest BCUT2D eigenvalue weighted by molar-refractivity contribution is 0.698. The van der Waals surface area contributed by atoms with E-state index >= 15 is 0 Å². The van der Waals surface area contributed by atoms with Gasteiger partial charge in [0.25, 0.3) is 0 Å². The second-order valence-electron chi connectivity index (χ2n) is 3.22. The quantitative estimate of drug-likeness (QED) is 0.934. The second-order valence-corrected chi connectivity index (χ2v) is 6.45. The van der Waals surface area contributed by atoms with Crippen molar-refractivity contribution < 1.29 is 0 Å². The molecule has 0 aliphatic heterocycles. The molecule has 80 valence electrons. The van der Waals surface area contributed by atoms with Gasteiger partial charge in [0.1, 0.15) is 0 Å². The summed E-state index contributed by atoms with van der Waals surface area (Å²) in [5.41, 5.74) is 4.36. The predicted molar refractivity (Wildman–Crippen MR) is 69.4 cm³/mol. The first-order valence-electron chi connectivity index (χ1n) is 4.58. The molecule has 0 saturated carbocycles. The van der Waals surface area contributed by atoms with E-state index in [1.54, 1.807) is 22.7 Å². The molecule has 0 atom stereocenters. The lowest BCUT2D eigenvalue weighted by atomic mass is 10.3. The van der Waals surface area contributed by atoms with Crippen molar-refractivity contribution in [3.05, 3.63) is 36.9 Å². The highest BCUT2D eigenvalue weighted by molar-refractivity contribution is 9.11. The molecule has 2 rings (SSSR count). The first kappa shape index (κ1) is 11.3. The van der Waals surface area contributed by atoms with Crippen molar-refractivity contribution in [2.24, 2.45) is 0 Å². The van der Waals surface area contributed by atoms with E-state index in [-0.39, 0.29) is 0 Å². The molecule has 0 aromatic carbocycles. The summed E-state index contributed by atoms with van der Waals surface area (Å²) in [6.07, 6.45) is 0. The molecule has 2 nitrogen and oxygen atoms in total. The second kappa shape index (κ2) is 5.21. The van der Waals surface area contributed by atoms with Crippen LogP contribution in [0.1, 0.15) is 16.1 Å². The minimum Gasteiger partial charge on any atom is -0.308 e. The Kier molecular flexibility index (Phi) is 3.91. The molecule has 0 aliphatic rings. The highest BCUT2D eigenvalue weighted by Crippen LogP contribution is 2.20. The van der Waals surface area contributed by atoms with Crippen molar-refractivity contribution in [1.82, 2.24) is 10.3 Å². The molecule has 5 heteroatoms. The van der Waals surface area contributed by atoms with Crippen molar-refractivity contribution >= 4 is 38.6 Å². The average molecular weight is 303 g/mol. The van der Waals surface area contributed by atoms with Crippen molar-refractivity contribution in [2.45, 2.75) is 20.0 Å². The predicted octanol–water partition coefficient (Wildman–Crippen LogP) is 3.57. The Morgan fingerprint density at radius 1 is 1.40 bits per heavy atom. The normalized spacial score (nSPS) is 10.8. The SMILES string of the molecule is Cc1ncsc1CNCc1csc(Br)c1. The van der Waals surface area contributed by atoms with Crippen molar-refractivity contribution in [2.75, 3.05) is 0 Å². The maximum Gasteiger partial charge on any atom is 0.0798 e. The minimum atomic E-state index is 0.907. The summed E-state index contributed by atoms with van der Waals surface area (Å²) in [5, 5.41) is 5.58. The number of hydrogen-bond acceptors (Lipinski definition) is 4. The van der Waals surface area contributed by atoms with E-state index in [9.17, 15) is 0 Å². The van der Waals surface area contributed by atoms with Gasteiger partial charge in [0.15, 0.2) is 0 Å². The van der Waals surface area contributed by atoms with Gasteiger partial charge in [0, 0.05) is 18.0 Å². The highest BCUT2D eigenvalue weighted by atomic mass is 79.9. The molecular formula is C10H11BrN2S2. The van der Waals surface area contributed by atoms with Crippen LogP contribution in [0.4, 0.5) is 0 Å². The molecule has 15 heavy (non-hydrogen) atoms. The Hall–Kier alpha value is -0.230. The van der Waals surface area contributed by atoms with E-state index in [4.69, 9.17) is 0 Å². The van der Waals surface area contributed by atoms with Crippen molar-refractivity contribution in [3.8, 4) is 0 Å². The standard InChI is InChI=1S/C10H11BrN2S2/c1-7-9(15-6-13-7)4-12-3-8-2-10(11)14-5-8/h2,5-6,12H,3-4H2,1H3. The number of thiazole rings is 1. The number of aromatic nitrogens is 1. The molecule has 0 bridgehead atoms. The van der Waals surface area contributed by atoms with Gasteiger partial charge >= 0.3 is 0 Å². The Labute approximate surface area is 106 Å². The number of hydrogen-bond donors (Lipinski definition) is 1. The fourth-order valence-corrected chi connectivity index (χ4v) is 3.21. The summed E-state index contributed by atoms with van der Waals surface area (Å²) in [6, 6.07) is 2.15. The number of nitrogens with zero attached hydrogens (tertiary/aromatic N) is 1. The lowest BCUT2D eigenvalue weighted by Crippen LogP contribution is -2.11. The van der Waals surface area contributed by atoms with E-state index in [1.165, 1.54) is 14.2 Å². The zero-order valence-corrected chi connectivity index (χ0v) is 11.5. The molecule has 0 amide bonds. The largest absolute Gasteiger partial charge is 0.308 e. The maximum absolute atomic E-state index is 4.22. The van der Waals surface area contributed by atoms with E-state index in [2.05, 4.69) is 44.6 Å². The molecule has 2 heterocycles. The fraction of sp³-hybridized carbons (Fsp3) is 0.300. The summed E-state index contributed by atoms with van der Waals surface area (Å²) < 4.78 is 1.19. The Bertz CT molecular complexity index is 436. The summed E-state index contributed by atoms with van der Waals surface area (Å²) in [5.74, 6) is 0. The fourth-order valence-electron chi connectivity index (χ4n) is 1.25. The van der Waals surface area contributed by atoms with Gasteiger partial charge in [-0.2, -0.15) is 0 Å². The number of halogens is 1. The molecule has 0 saturated heterocycles. The van der Waals surface area contributed by atoms with Crippen molar-refractivity contribution in [3.63, 3.8) is 0 Å². The molecule has 1 N–H and O–H groups in total. The molecule has 0 aliphatic carbocycles. The molecule has 0 fully saturated rings. The van der Waals surface area contributed by atoms with Gasteiger partial charge in [-0.3, -0.25) is 0 Å². The number of aryl methyl sites for hydroxylation is 1. The van der Waals surface area contributed by atoms with E-state index in [1.807, 2.05) is 5.51 Å².